The average molecular weight is 408 g/mol. The first-order valence-corrected chi connectivity index (χ1v) is 10.0. The van der Waals surface area contributed by atoms with E-state index < -0.39 is 5.82 Å². The quantitative estimate of drug-likeness (QED) is 0.667. The molecule has 7 heteroatoms. The van der Waals surface area contributed by atoms with Crippen molar-refractivity contribution >= 4 is 28.4 Å². The molecular formula is C23H25FN4O2. The molecule has 0 aliphatic carbocycles. The van der Waals surface area contributed by atoms with E-state index in [1.807, 2.05) is 36.2 Å². The Hall–Kier alpha value is -3.19. The van der Waals surface area contributed by atoms with Gasteiger partial charge in [-0.1, -0.05) is 24.3 Å². The van der Waals surface area contributed by atoms with Gasteiger partial charge in [0, 0.05) is 49.8 Å². The van der Waals surface area contributed by atoms with Crippen molar-refractivity contribution in [1.29, 1.82) is 0 Å². The maximum Gasteiger partial charge on any atom is 0.274 e. The molecule has 1 fully saturated rings. The van der Waals surface area contributed by atoms with E-state index >= 15 is 0 Å². The molecule has 0 unspecified atom stereocenters. The third-order valence-electron chi connectivity index (χ3n) is 5.68. The van der Waals surface area contributed by atoms with Crippen LogP contribution in [0, 0.1) is 5.82 Å². The van der Waals surface area contributed by atoms with E-state index in [-0.39, 0.29) is 18.4 Å². The fraction of sp³-hybridized carbons (Fsp3) is 0.304. The number of amides is 2. The summed E-state index contributed by atoms with van der Waals surface area (Å²) in [5.74, 6) is -0.701. The third kappa shape index (κ3) is 3.93. The molecule has 0 saturated carbocycles. The van der Waals surface area contributed by atoms with Gasteiger partial charge in [0.15, 0.2) is 0 Å². The molecule has 2 aromatic carbocycles. The lowest BCUT2D eigenvalue weighted by molar-refractivity contribution is -0.133. The Morgan fingerprint density at radius 3 is 2.47 bits per heavy atom. The van der Waals surface area contributed by atoms with Crippen LogP contribution in [0.4, 0.5) is 10.1 Å². The van der Waals surface area contributed by atoms with E-state index in [9.17, 15) is 14.0 Å². The van der Waals surface area contributed by atoms with Crippen molar-refractivity contribution in [2.75, 3.05) is 45.2 Å². The largest absolute Gasteiger partial charge is 0.339 e. The van der Waals surface area contributed by atoms with E-state index in [1.54, 1.807) is 29.8 Å². The standard InChI is InChI=1S/C23H25FN4O2/c1-25-10-12-27(13-11-25)22(29)16-28-20-9-4-3-6-17(20)14-21(28)23(30)26(2)19-8-5-7-18(24)15-19/h3-9,14-15H,10-13,16H2,1-2H3. The minimum Gasteiger partial charge on any atom is -0.339 e. The van der Waals surface area contributed by atoms with Gasteiger partial charge in [0.2, 0.25) is 5.91 Å². The van der Waals surface area contributed by atoms with Crippen molar-refractivity contribution < 1.29 is 14.0 Å². The van der Waals surface area contributed by atoms with Crippen LogP contribution in [-0.2, 0) is 11.3 Å². The van der Waals surface area contributed by atoms with Crippen LogP contribution in [0.25, 0.3) is 10.9 Å². The number of carbonyl (C=O) groups excluding carboxylic acids is 2. The number of para-hydroxylation sites is 1. The summed E-state index contributed by atoms with van der Waals surface area (Å²) in [4.78, 5) is 31.7. The first kappa shape index (κ1) is 20.1. The number of nitrogens with zero attached hydrogens (tertiary/aromatic N) is 4. The molecule has 156 valence electrons. The lowest BCUT2D eigenvalue weighted by Crippen LogP contribution is -2.48. The van der Waals surface area contributed by atoms with Crippen LogP contribution in [0.2, 0.25) is 0 Å². The Balaban J connectivity index is 1.66. The summed E-state index contributed by atoms with van der Waals surface area (Å²) in [7, 11) is 3.65. The maximum atomic E-state index is 13.6. The topological polar surface area (TPSA) is 48.8 Å². The van der Waals surface area contributed by atoms with Crippen molar-refractivity contribution in [2.45, 2.75) is 6.54 Å². The summed E-state index contributed by atoms with van der Waals surface area (Å²) in [5.41, 5.74) is 1.70. The van der Waals surface area contributed by atoms with Crippen LogP contribution < -0.4 is 4.90 Å². The highest BCUT2D eigenvalue weighted by atomic mass is 19.1. The molecule has 30 heavy (non-hydrogen) atoms. The summed E-state index contributed by atoms with van der Waals surface area (Å²) < 4.78 is 15.4. The molecule has 1 aliphatic heterocycles. The number of fused-ring (bicyclic) bond motifs is 1. The highest BCUT2D eigenvalue weighted by Crippen LogP contribution is 2.24. The van der Waals surface area contributed by atoms with Crippen LogP contribution in [0.3, 0.4) is 0 Å². The second-order valence-corrected chi connectivity index (χ2v) is 7.70. The Morgan fingerprint density at radius 1 is 1.00 bits per heavy atom. The molecular weight excluding hydrogens is 383 g/mol. The molecule has 0 bridgehead atoms. The van der Waals surface area contributed by atoms with E-state index in [0.717, 1.165) is 24.0 Å². The molecule has 0 atom stereocenters. The van der Waals surface area contributed by atoms with Crippen LogP contribution in [-0.4, -0.2) is 66.5 Å². The highest BCUT2D eigenvalue weighted by molar-refractivity contribution is 6.08. The van der Waals surface area contributed by atoms with Crippen LogP contribution >= 0.6 is 0 Å². The molecule has 0 spiro atoms. The number of likely N-dealkylation sites (N-methyl/N-ethyl adjacent to an activating group) is 1. The number of hydrogen-bond donors (Lipinski definition) is 0. The molecule has 0 radical (unpaired) electrons. The Morgan fingerprint density at radius 2 is 1.73 bits per heavy atom. The van der Waals surface area contributed by atoms with Crippen molar-refractivity contribution in [2.24, 2.45) is 0 Å². The highest BCUT2D eigenvalue weighted by Gasteiger charge is 2.24. The average Bonchev–Trinajstić information content (AvgIpc) is 3.11. The zero-order valence-electron chi connectivity index (χ0n) is 17.2. The van der Waals surface area contributed by atoms with Gasteiger partial charge in [-0.2, -0.15) is 0 Å². The Bertz CT molecular complexity index is 1090. The summed E-state index contributed by atoms with van der Waals surface area (Å²) in [5, 5.41) is 0.889. The molecule has 0 N–H and O–H groups in total. The van der Waals surface area contributed by atoms with Gasteiger partial charge < -0.3 is 19.3 Å². The van der Waals surface area contributed by atoms with Gasteiger partial charge in [-0.3, -0.25) is 9.59 Å². The zero-order chi connectivity index (χ0) is 21.3. The van der Waals surface area contributed by atoms with Crippen molar-refractivity contribution in [3.05, 3.63) is 66.1 Å². The van der Waals surface area contributed by atoms with Crippen molar-refractivity contribution in [1.82, 2.24) is 14.4 Å². The molecule has 1 aromatic heterocycles. The molecule has 1 aliphatic rings. The first-order chi connectivity index (χ1) is 14.4. The SMILES string of the molecule is CN1CCN(C(=O)Cn2c(C(=O)N(C)c3cccc(F)c3)cc3ccccc32)CC1. The smallest absolute Gasteiger partial charge is 0.274 e. The lowest BCUT2D eigenvalue weighted by Gasteiger charge is -2.32. The number of carbonyl (C=O) groups is 2. The second-order valence-electron chi connectivity index (χ2n) is 7.70. The van der Waals surface area contributed by atoms with Gasteiger partial charge in [0.25, 0.3) is 5.91 Å². The van der Waals surface area contributed by atoms with Gasteiger partial charge >= 0.3 is 0 Å². The van der Waals surface area contributed by atoms with Crippen LogP contribution in [0.5, 0.6) is 0 Å². The normalized spacial score (nSPS) is 14.8. The van der Waals surface area contributed by atoms with E-state index in [4.69, 9.17) is 0 Å². The van der Waals surface area contributed by atoms with Crippen LogP contribution in [0.15, 0.2) is 54.6 Å². The molecule has 4 rings (SSSR count). The monoisotopic (exact) mass is 408 g/mol. The summed E-state index contributed by atoms with van der Waals surface area (Å²) >= 11 is 0. The van der Waals surface area contributed by atoms with Gasteiger partial charge in [0.1, 0.15) is 18.1 Å². The number of piperazine rings is 1. The Kier molecular flexibility index (Phi) is 5.55. The fourth-order valence-corrected chi connectivity index (χ4v) is 3.82. The first-order valence-electron chi connectivity index (χ1n) is 10.0. The lowest BCUT2D eigenvalue weighted by atomic mass is 10.2. The second kappa shape index (κ2) is 8.28. The van der Waals surface area contributed by atoms with E-state index in [2.05, 4.69) is 4.90 Å². The summed E-state index contributed by atoms with van der Waals surface area (Å²) in [6.45, 7) is 3.13. The predicted octanol–water partition coefficient (Wildman–Crippen LogP) is 2.83. The third-order valence-corrected chi connectivity index (χ3v) is 5.68. The van der Waals surface area contributed by atoms with Gasteiger partial charge in [-0.05, 0) is 37.4 Å². The van der Waals surface area contributed by atoms with Crippen molar-refractivity contribution in [3.8, 4) is 0 Å². The molecule has 1 saturated heterocycles. The van der Waals surface area contributed by atoms with Gasteiger partial charge in [-0.15, -0.1) is 0 Å². The molecule has 6 nitrogen and oxygen atoms in total. The number of anilines is 1. The molecule has 2 heterocycles. The zero-order valence-corrected chi connectivity index (χ0v) is 17.2. The maximum absolute atomic E-state index is 13.6. The number of aromatic nitrogens is 1. The van der Waals surface area contributed by atoms with Gasteiger partial charge in [0.05, 0.1) is 0 Å². The fourth-order valence-electron chi connectivity index (χ4n) is 3.82. The van der Waals surface area contributed by atoms with E-state index in [1.165, 1.54) is 17.0 Å². The molecule has 3 aromatic rings. The minimum absolute atomic E-state index is 0.00749. The number of hydrogen-bond acceptors (Lipinski definition) is 3. The summed E-state index contributed by atoms with van der Waals surface area (Å²) in [6.07, 6.45) is 0. The molecule has 2 amide bonds. The number of benzene rings is 2. The number of rotatable bonds is 4. The van der Waals surface area contributed by atoms with E-state index in [0.29, 0.717) is 24.5 Å². The predicted molar refractivity (Wildman–Crippen MR) is 115 cm³/mol. The van der Waals surface area contributed by atoms with Gasteiger partial charge in [-0.25, -0.2) is 4.39 Å². The number of halogens is 1. The minimum atomic E-state index is -0.405. The Labute approximate surface area is 175 Å². The van der Waals surface area contributed by atoms with Crippen molar-refractivity contribution in [3.63, 3.8) is 0 Å². The van der Waals surface area contributed by atoms with Crippen LogP contribution in [0.1, 0.15) is 10.5 Å². The summed E-state index contributed by atoms with van der Waals surface area (Å²) in [6, 6.07) is 15.3.